The second-order valence-electron chi connectivity index (χ2n) is 4.88. The Hall–Kier alpha value is -2.81. The van der Waals surface area contributed by atoms with Crippen molar-refractivity contribution in [1.29, 1.82) is 0 Å². The van der Waals surface area contributed by atoms with Gasteiger partial charge in [-0.3, -0.25) is 0 Å². The van der Waals surface area contributed by atoms with E-state index in [4.69, 9.17) is 4.42 Å². The molecule has 0 fully saturated rings. The van der Waals surface area contributed by atoms with E-state index in [9.17, 15) is 9.90 Å². The first-order chi connectivity index (χ1) is 10.1. The first-order valence-electron chi connectivity index (χ1n) is 6.59. The molecular weight excluding hydrogens is 264 g/mol. The van der Waals surface area contributed by atoms with Crippen molar-refractivity contribution in [3.05, 3.63) is 66.4 Å². The molecule has 0 saturated carbocycles. The van der Waals surface area contributed by atoms with Gasteiger partial charge in [0.15, 0.2) is 0 Å². The molecule has 21 heavy (non-hydrogen) atoms. The third kappa shape index (κ3) is 2.03. The van der Waals surface area contributed by atoms with E-state index >= 15 is 0 Å². The van der Waals surface area contributed by atoms with Gasteiger partial charge in [0.25, 0.3) is 0 Å². The molecule has 1 heterocycles. The van der Waals surface area contributed by atoms with E-state index in [-0.39, 0.29) is 5.57 Å². The number of fused-ring (bicyclic) bond motifs is 1. The maximum Gasteiger partial charge on any atom is 0.335 e. The fraction of sp³-hybridized carbons (Fsp3) is 0.0556. The lowest BCUT2D eigenvalue weighted by atomic mass is 10.0. The number of hydrogen-bond acceptors (Lipinski definition) is 2. The molecule has 3 heteroatoms. The van der Waals surface area contributed by atoms with Crippen LogP contribution in [0.1, 0.15) is 11.1 Å². The van der Waals surface area contributed by atoms with Gasteiger partial charge in [0, 0.05) is 11.1 Å². The van der Waals surface area contributed by atoms with Crippen molar-refractivity contribution in [3.63, 3.8) is 0 Å². The summed E-state index contributed by atoms with van der Waals surface area (Å²) in [7, 11) is 0. The number of hydrogen-bond donors (Lipinski definition) is 1. The largest absolute Gasteiger partial charge is 0.478 e. The van der Waals surface area contributed by atoms with E-state index in [1.54, 1.807) is 6.26 Å². The van der Waals surface area contributed by atoms with Crippen molar-refractivity contribution in [2.45, 2.75) is 6.92 Å². The van der Waals surface area contributed by atoms with Crippen LogP contribution in [0.15, 0.2) is 59.7 Å². The highest BCUT2D eigenvalue weighted by Crippen LogP contribution is 2.45. The lowest BCUT2D eigenvalue weighted by molar-refractivity contribution is -0.130. The highest BCUT2D eigenvalue weighted by molar-refractivity contribution is 6.18. The van der Waals surface area contributed by atoms with Crippen LogP contribution in [0.3, 0.4) is 0 Å². The Morgan fingerprint density at radius 2 is 1.86 bits per heavy atom. The van der Waals surface area contributed by atoms with Crippen molar-refractivity contribution in [2.24, 2.45) is 0 Å². The van der Waals surface area contributed by atoms with Crippen LogP contribution in [0, 0.1) is 6.92 Å². The predicted octanol–water partition coefficient (Wildman–Crippen LogP) is 4.46. The Kier molecular flexibility index (Phi) is 3.10. The van der Waals surface area contributed by atoms with Crippen molar-refractivity contribution in [2.75, 3.05) is 0 Å². The smallest absolute Gasteiger partial charge is 0.335 e. The average molecular weight is 278 g/mol. The van der Waals surface area contributed by atoms with Crippen molar-refractivity contribution in [3.8, 4) is 22.5 Å². The van der Waals surface area contributed by atoms with Gasteiger partial charge < -0.3 is 9.52 Å². The third-order valence-electron chi connectivity index (χ3n) is 3.64. The summed E-state index contributed by atoms with van der Waals surface area (Å²) < 4.78 is 5.57. The fourth-order valence-corrected chi connectivity index (χ4v) is 2.72. The first kappa shape index (κ1) is 13.2. The van der Waals surface area contributed by atoms with Crippen LogP contribution in [-0.2, 0) is 4.79 Å². The number of benzene rings is 1. The van der Waals surface area contributed by atoms with Gasteiger partial charge in [-0.25, -0.2) is 4.79 Å². The third-order valence-corrected chi connectivity index (χ3v) is 3.64. The summed E-state index contributed by atoms with van der Waals surface area (Å²) in [5.41, 5.74) is 4.42. The minimum atomic E-state index is -1.04. The summed E-state index contributed by atoms with van der Waals surface area (Å²) in [5, 5.41) is 9.26. The predicted molar refractivity (Wildman–Crippen MR) is 82.2 cm³/mol. The molecule has 0 saturated heterocycles. The molecule has 3 rings (SSSR count). The molecule has 0 spiro atoms. The van der Waals surface area contributed by atoms with Gasteiger partial charge in [-0.2, -0.15) is 0 Å². The van der Waals surface area contributed by atoms with Gasteiger partial charge >= 0.3 is 5.97 Å². The monoisotopic (exact) mass is 278 g/mol. The molecule has 1 aromatic rings. The molecule has 1 N–H and O–H groups in total. The topological polar surface area (TPSA) is 50.4 Å². The standard InChI is InChI=1S/C18H14O3/c1-11-15(12(2)18(19)20)17-14(9-6-10-21-17)16(11)13-7-4-3-5-8-13/h3-10H,2H2,1H3,(H,19,20). The van der Waals surface area contributed by atoms with Crippen molar-refractivity contribution < 1.29 is 14.3 Å². The van der Waals surface area contributed by atoms with E-state index in [1.165, 1.54) is 0 Å². The molecule has 0 amide bonds. The SMILES string of the molecule is C=C(C(=O)O)c1c2occcc-2c(-c2ccccc2)c1C. The Balaban J connectivity index is 2.35. The molecule has 1 aliphatic carbocycles. The van der Waals surface area contributed by atoms with E-state index in [0.29, 0.717) is 11.3 Å². The molecule has 104 valence electrons. The molecule has 0 bridgehead atoms. The van der Waals surface area contributed by atoms with E-state index in [0.717, 1.165) is 22.3 Å². The summed E-state index contributed by atoms with van der Waals surface area (Å²) in [4.78, 5) is 11.3. The number of carbonyl (C=O) groups is 1. The normalized spacial score (nSPS) is 10.7. The quantitative estimate of drug-likeness (QED) is 0.720. The number of carboxylic acids is 1. The highest BCUT2D eigenvalue weighted by Gasteiger charge is 2.27. The Morgan fingerprint density at radius 3 is 2.52 bits per heavy atom. The van der Waals surface area contributed by atoms with Gasteiger partial charge in [0.1, 0.15) is 5.76 Å². The highest BCUT2D eigenvalue weighted by atomic mass is 16.4. The van der Waals surface area contributed by atoms with Crippen LogP contribution >= 0.6 is 0 Å². The lowest BCUT2D eigenvalue weighted by Gasteiger charge is -2.04. The van der Waals surface area contributed by atoms with Gasteiger partial charge in [-0.1, -0.05) is 36.9 Å². The fourth-order valence-electron chi connectivity index (χ4n) is 2.72. The molecule has 2 aliphatic rings. The first-order valence-corrected chi connectivity index (χ1v) is 6.59. The molecule has 1 aromatic carbocycles. The summed E-state index contributed by atoms with van der Waals surface area (Å²) in [6.45, 7) is 5.59. The van der Waals surface area contributed by atoms with Crippen LogP contribution in [-0.4, -0.2) is 11.1 Å². The van der Waals surface area contributed by atoms with Gasteiger partial charge in [-0.15, -0.1) is 0 Å². The maximum atomic E-state index is 11.3. The van der Waals surface area contributed by atoms with Crippen LogP contribution < -0.4 is 0 Å². The molecule has 0 aromatic heterocycles. The summed E-state index contributed by atoms with van der Waals surface area (Å²) >= 11 is 0. The Morgan fingerprint density at radius 1 is 1.14 bits per heavy atom. The van der Waals surface area contributed by atoms with Gasteiger partial charge in [0.05, 0.1) is 11.8 Å². The summed E-state index contributed by atoms with van der Waals surface area (Å²) in [6, 6.07) is 13.6. The van der Waals surface area contributed by atoms with Crippen molar-refractivity contribution in [1.82, 2.24) is 0 Å². The molecule has 0 unspecified atom stereocenters. The summed E-state index contributed by atoms with van der Waals surface area (Å²) in [5.74, 6) is -0.468. The number of aliphatic carboxylic acids is 1. The minimum absolute atomic E-state index is 0.0506. The Bertz CT molecular complexity index is 797. The van der Waals surface area contributed by atoms with Crippen LogP contribution in [0.5, 0.6) is 0 Å². The van der Waals surface area contributed by atoms with E-state index < -0.39 is 5.97 Å². The number of rotatable bonds is 3. The maximum absolute atomic E-state index is 11.3. The minimum Gasteiger partial charge on any atom is -0.478 e. The Labute approximate surface area is 122 Å². The van der Waals surface area contributed by atoms with Gasteiger partial charge in [-0.05, 0) is 35.7 Å². The second kappa shape index (κ2) is 4.94. The number of carboxylic acid groups (broad SMARTS) is 1. The van der Waals surface area contributed by atoms with Gasteiger partial charge in [0.2, 0.25) is 0 Å². The van der Waals surface area contributed by atoms with Crippen LogP contribution in [0.2, 0.25) is 0 Å². The van der Waals surface area contributed by atoms with Crippen LogP contribution in [0.25, 0.3) is 28.0 Å². The molecular formula is C18H14O3. The summed E-state index contributed by atoms with van der Waals surface area (Å²) in [6.07, 6.45) is 1.55. The van der Waals surface area contributed by atoms with E-state index in [1.807, 2.05) is 49.4 Å². The molecule has 0 radical (unpaired) electrons. The zero-order chi connectivity index (χ0) is 15.0. The molecule has 1 aliphatic heterocycles. The zero-order valence-electron chi connectivity index (χ0n) is 11.6. The average Bonchev–Trinajstić information content (AvgIpc) is 2.79. The molecule has 3 nitrogen and oxygen atoms in total. The zero-order valence-corrected chi connectivity index (χ0v) is 11.6. The second-order valence-corrected chi connectivity index (χ2v) is 4.88. The molecule has 0 atom stereocenters. The lowest BCUT2D eigenvalue weighted by Crippen LogP contribution is -1.99. The van der Waals surface area contributed by atoms with Crippen molar-refractivity contribution >= 4 is 11.5 Å². The van der Waals surface area contributed by atoms with Crippen LogP contribution in [0.4, 0.5) is 0 Å². The van der Waals surface area contributed by atoms with E-state index in [2.05, 4.69) is 6.58 Å².